The summed E-state index contributed by atoms with van der Waals surface area (Å²) in [5, 5.41) is 5.30. The minimum absolute atomic E-state index is 0.495. The van der Waals surface area contributed by atoms with E-state index in [0.717, 1.165) is 21.8 Å². The minimum atomic E-state index is 0.495. The topological polar surface area (TPSA) is 25.2 Å². The van der Waals surface area contributed by atoms with E-state index in [-0.39, 0.29) is 0 Å². The van der Waals surface area contributed by atoms with Crippen molar-refractivity contribution in [1.82, 2.24) is 5.32 Å². The van der Waals surface area contributed by atoms with E-state index in [1.54, 1.807) is 0 Å². The van der Waals surface area contributed by atoms with Crippen molar-refractivity contribution in [2.45, 2.75) is 37.6 Å². The van der Waals surface area contributed by atoms with Gasteiger partial charge in [0.05, 0.1) is 0 Å². The normalized spacial score (nSPS) is 24.6. The van der Waals surface area contributed by atoms with Gasteiger partial charge in [-0.3, -0.25) is 0 Å². The zero-order valence-corrected chi connectivity index (χ0v) is 11.3. The van der Waals surface area contributed by atoms with Gasteiger partial charge in [0.25, 0.3) is 0 Å². The number of rotatable bonds is 2. The summed E-state index contributed by atoms with van der Waals surface area (Å²) in [5.41, 5.74) is 0.940. The SMILES string of the molecule is CNC1CCCCC1c1cc2cc(Cl)ccc2o1. The van der Waals surface area contributed by atoms with Crippen LogP contribution in [0, 0.1) is 0 Å². The van der Waals surface area contributed by atoms with Crippen LogP contribution in [-0.2, 0) is 0 Å². The van der Waals surface area contributed by atoms with Gasteiger partial charge in [-0.2, -0.15) is 0 Å². The number of likely N-dealkylation sites (N-methyl/N-ethyl adjacent to an activating group) is 1. The predicted octanol–water partition coefficient (Wildman–Crippen LogP) is 4.33. The Bertz CT molecular complexity index is 548. The monoisotopic (exact) mass is 263 g/mol. The molecule has 0 amide bonds. The number of hydrogen-bond donors (Lipinski definition) is 1. The van der Waals surface area contributed by atoms with Gasteiger partial charge in [-0.05, 0) is 44.2 Å². The summed E-state index contributed by atoms with van der Waals surface area (Å²) in [6.07, 6.45) is 5.05. The lowest BCUT2D eigenvalue weighted by Gasteiger charge is -2.29. The largest absolute Gasteiger partial charge is 0.461 e. The van der Waals surface area contributed by atoms with Gasteiger partial charge >= 0.3 is 0 Å². The maximum atomic E-state index is 6.02. The van der Waals surface area contributed by atoms with Crippen LogP contribution in [0.5, 0.6) is 0 Å². The lowest BCUT2D eigenvalue weighted by Crippen LogP contribution is -2.34. The van der Waals surface area contributed by atoms with Crippen LogP contribution < -0.4 is 5.32 Å². The molecule has 96 valence electrons. The molecular weight excluding hydrogens is 246 g/mol. The number of fused-ring (bicyclic) bond motifs is 1. The fourth-order valence-electron chi connectivity index (χ4n) is 3.03. The van der Waals surface area contributed by atoms with Crippen molar-refractivity contribution in [1.29, 1.82) is 0 Å². The van der Waals surface area contributed by atoms with E-state index >= 15 is 0 Å². The highest BCUT2D eigenvalue weighted by molar-refractivity contribution is 6.31. The molecule has 2 nitrogen and oxygen atoms in total. The van der Waals surface area contributed by atoms with E-state index in [9.17, 15) is 0 Å². The Kier molecular flexibility index (Phi) is 3.31. The Labute approximate surface area is 112 Å². The molecule has 1 N–H and O–H groups in total. The maximum absolute atomic E-state index is 6.02. The number of benzene rings is 1. The van der Waals surface area contributed by atoms with Crippen molar-refractivity contribution in [3.63, 3.8) is 0 Å². The predicted molar refractivity (Wildman–Crippen MR) is 75.3 cm³/mol. The van der Waals surface area contributed by atoms with Gasteiger partial charge in [-0.25, -0.2) is 0 Å². The summed E-state index contributed by atoms with van der Waals surface area (Å²) >= 11 is 6.02. The highest BCUT2D eigenvalue weighted by atomic mass is 35.5. The summed E-state index contributed by atoms with van der Waals surface area (Å²) in [6.45, 7) is 0. The third-order valence-electron chi connectivity index (χ3n) is 4.00. The Morgan fingerprint density at radius 1 is 1.22 bits per heavy atom. The zero-order chi connectivity index (χ0) is 12.5. The van der Waals surface area contributed by atoms with Crippen LogP contribution in [0.15, 0.2) is 28.7 Å². The molecule has 0 spiro atoms. The second-order valence-corrected chi connectivity index (χ2v) is 5.55. The first-order valence-corrected chi connectivity index (χ1v) is 7.02. The smallest absolute Gasteiger partial charge is 0.134 e. The van der Waals surface area contributed by atoms with Crippen LogP contribution in [0.3, 0.4) is 0 Å². The van der Waals surface area contributed by atoms with Gasteiger partial charge in [-0.15, -0.1) is 0 Å². The standard InChI is InChI=1S/C15H18ClNO/c1-17-13-5-3-2-4-12(13)15-9-10-8-11(16)6-7-14(10)18-15/h6-9,12-13,17H,2-5H2,1H3. The van der Waals surface area contributed by atoms with Crippen molar-refractivity contribution in [2.75, 3.05) is 7.05 Å². The first kappa shape index (κ1) is 12.1. The summed E-state index contributed by atoms with van der Waals surface area (Å²) < 4.78 is 6.00. The Morgan fingerprint density at radius 3 is 2.89 bits per heavy atom. The highest BCUT2D eigenvalue weighted by Gasteiger charge is 2.27. The molecule has 1 aliphatic carbocycles. The van der Waals surface area contributed by atoms with Crippen molar-refractivity contribution >= 4 is 22.6 Å². The first-order chi connectivity index (χ1) is 8.78. The van der Waals surface area contributed by atoms with E-state index in [2.05, 4.69) is 11.4 Å². The van der Waals surface area contributed by atoms with Crippen LogP contribution >= 0.6 is 11.6 Å². The first-order valence-electron chi connectivity index (χ1n) is 6.64. The average molecular weight is 264 g/mol. The molecular formula is C15H18ClNO. The van der Waals surface area contributed by atoms with Gasteiger partial charge in [-0.1, -0.05) is 24.4 Å². The second-order valence-electron chi connectivity index (χ2n) is 5.12. The number of hydrogen-bond acceptors (Lipinski definition) is 2. The van der Waals surface area contributed by atoms with Crippen LogP contribution in [0.25, 0.3) is 11.0 Å². The summed E-state index contributed by atoms with van der Waals surface area (Å²) in [7, 11) is 2.04. The molecule has 0 radical (unpaired) electrons. The van der Waals surface area contributed by atoms with Crippen LogP contribution in [0.2, 0.25) is 5.02 Å². The quantitative estimate of drug-likeness (QED) is 0.872. The van der Waals surface area contributed by atoms with E-state index in [1.165, 1.54) is 25.7 Å². The molecule has 18 heavy (non-hydrogen) atoms. The molecule has 0 aliphatic heterocycles. The molecule has 2 atom stereocenters. The highest BCUT2D eigenvalue weighted by Crippen LogP contribution is 2.36. The van der Waals surface area contributed by atoms with Crippen LogP contribution in [0.4, 0.5) is 0 Å². The summed E-state index contributed by atoms with van der Waals surface area (Å²) in [4.78, 5) is 0. The fourth-order valence-corrected chi connectivity index (χ4v) is 3.21. The molecule has 3 rings (SSSR count). The molecule has 1 aromatic carbocycles. The Hall–Kier alpha value is -0.990. The summed E-state index contributed by atoms with van der Waals surface area (Å²) in [6, 6.07) is 8.50. The number of halogens is 1. The molecule has 1 aliphatic rings. The Morgan fingerprint density at radius 2 is 2.06 bits per heavy atom. The van der Waals surface area contributed by atoms with Gasteiger partial charge in [0.1, 0.15) is 11.3 Å². The molecule has 1 aromatic heterocycles. The average Bonchev–Trinajstić information content (AvgIpc) is 2.81. The van der Waals surface area contributed by atoms with Crippen molar-refractivity contribution in [2.24, 2.45) is 0 Å². The van der Waals surface area contributed by atoms with Crippen LogP contribution in [0.1, 0.15) is 37.4 Å². The third-order valence-corrected chi connectivity index (χ3v) is 4.23. The van der Waals surface area contributed by atoms with E-state index in [0.29, 0.717) is 12.0 Å². The molecule has 1 fully saturated rings. The van der Waals surface area contributed by atoms with E-state index in [4.69, 9.17) is 16.0 Å². The lowest BCUT2D eigenvalue weighted by molar-refractivity contribution is 0.309. The van der Waals surface area contributed by atoms with Gasteiger partial charge in [0, 0.05) is 22.4 Å². The van der Waals surface area contributed by atoms with Crippen molar-refractivity contribution in [3.05, 3.63) is 35.0 Å². The minimum Gasteiger partial charge on any atom is -0.461 e. The zero-order valence-electron chi connectivity index (χ0n) is 10.6. The van der Waals surface area contributed by atoms with Crippen LogP contribution in [-0.4, -0.2) is 13.1 Å². The number of nitrogens with one attached hydrogen (secondary N) is 1. The second kappa shape index (κ2) is 4.94. The fraction of sp³-hybridized carbons (Fsp3) is 0.467. The summed E-state index contributed by atoms with van der Waals surface area (Å²) in [5.74, 6) is 1.60. The molecule has 2 aromatic rings. The Balaban J connectivity index is 1.97. The lowest BCUT2D eigenvalue weighted by atomic mass is 9.83. The molecule has 2 unspecified atom stereocenters. The molecule has 1 saturated carbocycles. The third kappa shape index (κ3) is 2.15. The van der Waals surface area contributed by atoms with Crippen molar-refractivity contribution in [3.8, 4) is 0 Å². The van der Waals surface area contributed by atoms with Gasteiger partial charge < -0.3 is 9.73 Å². The maximum Gasteiger partial charge on any atom is 0.134 e. The van der Waals surface area contributed by atoms with Gasteiger partial charge in [0.2, 0.25) is 0 Å². The van der Waals surface area contributed by atoms with E-state index in [1.807, 2.05) is 25.2 Å². The molecule has 1 heterocycles. The van der Waals surface area contributed by atoms with Gasteiger partial charge in [0.15, 0.2) is 0 Å². The van der Waals surface area contributed by atoms with E-state index < -0.39 is 0 Å². The molecule has 3 heteroatoms. The molecule has 0 bridgehead atoms. The molecule has 0 saturated heterocycles. The number of furan rings is 1. The van der Waals surface area contributed by atoms with Crippen molar-refractivity contribution < 1.29 is 4.42 Å².